The molecule has 0 spiro atoms. The van der Waals surface area contributed by atoms with Crippen molar-refractivity contribution in [1.29, 1.82) is 0 Å². The highest BCUT2D eigenvalue weighted by Crippen LogP contribution is 2.18. The highest BCUT2D eigenvalue weighted by atomic mass is 19.1. The highest BCUT2D eigenvalue weighted by Gasteiger charge is 2.24. The van der Waals surface area contributed by atoms with E-state index in [1.807, 2.05) is 20.8 Å². The molecule has 1 aromatic carbocycles. The summed E-state index contributed by atoms with van der Waals surface area (Å²) in [4.78, 5) is 18.3. The number of likely N-dealkylation sites (N-methyl/N-ethyl adjacent to an activating group) is 1. The number of benzene rings is 1. The largest absolute Gasteiger partial charge is 0.335 e. The minimum Gasteiger partial charge on any atom is -0.335 e. The van der Waals surface area contributed by atoms with Gasteiger partial charge in [-0.05, 0) is 25.1 Å². The smallest absolute Gasteiger partial charge is 0.293 e. The van der Waals surface area contributed by atoms with Gasteiger partial charge >= 0.3 is 0 Å². The summed E-state index contributed by atoms with van der Waals surface area (Å²) in [6, 6.07) is 5.93. The van der Waals surface area contributed by atoms with Gasteiger partial charge in [0.15, 0.2) is 0 Å². The van der Waals surface area contributed by atoms with E-state index in [0.717, 1.165) is 0 Å². The third-order valence-electron chi connectivity index (χ3n) is 3.72. The molecular weight excluding hydrogens is 297 g/mol. The molecular formula is C16H22FN5O. The van der Waals surface area contributed by atoms with Gasteiger partial charge in [-0.1, -0.05) is 19.9 Å². The molecule has 1 aromatic heterocycles. The molecule has 1 atom stereocenters. The Morgan fingerprint density at radius 3 is 2.65 bits per heavy atom. The molecule has 2 aromatic rings. The minimum atomic E-state index is -0.366. The second-order valence-corrected chi connectivity index (χ2v) is 5.84. The summed E-state index contributed by atoms with van der Waals surface area (Å²) >= 11 is 0. The van der Waals surface area contributed by atoms with Crippen LogP contribution in [0.2, 0.25) is 0 Å². The lowest BCUT2D eigenvalue weighted by molar-refractivity contribution is 0.0736. The molecule has 7 heteroatoms. The fourth-order valence-electron chi connectivity index (χ4n) is 2.10. The monoisotopic (exact) mass is 319 g/mol. The highest BCUT2D eigenvalue weighted by molar-refractivity contribution is 5.90. The molecule has 0 saturated heterocycles. The lowest BCUT2D eigenvalue weighted by atomic mass is 10.2. The Hall–Kier alpha value is -2.28. The van der Waals surface area contributed by atoms with Gasteiger partial charge in [-0.15, -0.1) is 5.10 Å². The van der Waals surface area contributed by atoms with Crippen LogP contribution in [0.4, 0.5) is 4.39 Å². The van der Waals surface area contributed by atoms with E-state index in [2.05, 4.69) is 10.1 Å². The number of nitrogens with two attached hydrogens (primary N) is 1. The fraction of sp³-hybridized carbons (Fsp3) is 0.438. The first-order valence-electron chi connectivity index (χ1n) is 7.55. The average Bonchev–Trinajstić information content (AvgIpc) is 2.98. The summed E-state index contributed by atoms with van der Waals surface area (Å²) in [7, 11) is 1.66. The Kier molecular flexibility index (Phi) is 5.10. The Labute approximate surface area is 135 Å². The van der Waals surface area contributed by atoms with Crippen LogP contribution in [-0.2, 0) is 0 Å². The van der Waals surface area contributed by atoms with Crippen LogP contribution in [-0.4, -0.2) is 45.2 Å². The number of amides is 1. The van der Waals surface area contributed by atoms with Gasteiger partial charge in [0.05, 0.1) is 5.69 Å². The van der Waals surface area contributed by atoms with Crippen molar-refractivity contribution < 1.29 is 9.18 Å². The number of carbonyl (C=O) groups is 1. The molecule has 0 aliphatic heterocycles. The second kappa shape index (κ2) is 6.87. The molecule has 2 rings (SSSR count). The zero-order valence-corrected chi connectivity index (χ0v) is 13.8. The number of rotatable bonds is 5. The van der Waals surface area contributed by atoms with Gasteiger partial charge in [0.1, 0.15) is 11.6 Å². The molecule has 1 amide bonds. The second-order valence-electron chi connectivity index (χ2n) is 5.84. The van der Waals surface area contributed by atoms with Gasteiger partial charge < -0.3 is 10.6 Å². The van der Waals surface area contributed by atoms with Crippen molar-refractivity contribution in [2.24, 2.45) is 5.73 Å². The molecule has 1 unspecified atom stereocenters. The van der Waals surface area contributed by atoms with Crippen molar-refractivity contribution in [3.63, 3.8) is 0 Å². The van der Waals surface area contributed by atoms with E-state index < -0.39 is 0 Å². The first-order chi connectivity index (χ1) is 10.8. The molecule has 124 valence electrons. The average molecular weight is 319 g/mol. The standard InChI is InChI=1S/C16H22FN5O/c1-10(2)15-19-14(16(23)21(4)11(3)9-18)20-22(15)13-7-5-6-12(17)8-13/h5-8,10-11H,9,18H2,1-4H3. The SMILES string of the molecule is CC(C)c1nc(C(=O)N(C)C(C)CN)nn1-c1cccc(F)c1. The lowest BCUT2D eigenvalue weighted by Crippen LogP contribution is -2.40. The van der Waals surface area contributed by atoms with Gasteiger partial charge in [0, 0.05) is 25.6 Å². The van der Waals surface area contributed by atoms with Crippen molar-refractivity contribution in [3.8, 4) is 5.69 Å². The van der Waals surface area contributed by atoms with Gasteiger partial charge in [-0.2, -0.15) is 0 Å². The van der Waals surface area contributed by atoms with Crippen molar-refractivity contribution in [1.82, 2.24) is 19.7 Å². The fourth-order valence-corrected chi connectivity index (χ4v) is 2.10. The molecule has 0 radical (unpaired) electrons. The number of nitrogens with zero attached hydrogens (tertiary/aromatic N) is 4. The maximum Gasteiger partial charge on any atom is 0.293 e. The number of aromatic nitrogens is 3. The first-order valence-corrected chi connectivity index (χ1v) is 7.55. The third-order valence-corrected chi connectivity index (χ3v) is 3.72. The van der Waals surface area contributed by atoms with Gasteiger partial charge in [0.2, 0.25) is 5.82 Å². The Morgan fingerprint density at radius 2 is 2.09 bits per heavy atom. The van der Waals surface area contributed by atoms with E-state index in [0.29, 0.717) is 18.1 Å². The predicted molar refractivity (Wildman–Crippen MR) is 86.0 cm³/mol. The minimum absolute atomic E-state index is 0.0320. The van der Waals surface area contributed by atoms with Crippen LogP contribution in [0.3, 0.4) is 0 Å². The first kappa shape index (κ1) is 17.1. The van der Waals surface area contributed by atoms with Gasteiger partial charge in [-0.25, -0.2) is 14.1 Å². The van der Waals surface area contributed by atoms with E-state index in [1.54, 1.807) is 19.2 Å². The summed E-state index contributed by atoms with van der Waals surface area (Å²) < 4.78 is 15.0. The summed E-state index contributed by atoms with van der Waals surface area (Å²) in [5, 5.41) is 4.29. The Balaban J connectivity index is 2.45. The van der Waals surface area contributed by atoms with Crippen LogP contribution < -0.4 is 5.73 Å². The maximum atomic E-state index is 13.5. The van der Waals surface area contributed by atoms with Crippen LogP contribution in [0.15, 0.2) is 24.3 Å². The number of hydrogen-bond donors (Lipinski definition) is 1. The van der Waals surface area contributed by atoms with Crippen LogP contribution in [0.1, 0.15) is 43.1 Å². The topological polar surface area (TPSA) is 77.0 Å². The van der Waals surface area contributed by atoms with Crippen LogP contribution in [0.5, 0.6) is 0 Å². The molecule has 0 aliphatic carbocycles. The third kappa shape index (κ3) is 3.56. The maximum absolute atomic E-state index is 13.5. The molecule has 23 heavy (non-hydrogen) atoms. The van der Waals surface area contributed by atoms with Crippen molar-refractivity contribution in [2.45, 2.75) is 32.7 Å². The summed E-state index contributed by atoms with van der Waals surface area (Å²) in [5.41, 5.74) is 6.14. The van der Waals surface area contributed by atoms with Crippen LogP contribution in [0, 0.1) is 5.82 Å². The zero-order valence-electron chi connectivity index (χ0n) is 13.8. The molecule has 6 nitrogen and oxygen atoms in total. The van der Waals surface area contributed by atoms with E-state index >= 15 is 0 Å². The molecule has 2 N–H and O–H groups in total. The lowest BCUT2D eigenvalue weighted by Gasteiger charge is -2.21. The normalized spacial score (nSPS) is 12.5. The summed E-state index contributed by atoms with van der Waals surface area (Å²) in [6.07, 6.45) is 0. The summed E-state index contributed by atoms with van der Waals surface area (Å²) in [6.45, 7) is 6.09. The van der Waals surface area contributed by atoms with Crippen molar-refractivity contribution in [3.05, 3.63) is 41.7 Å². The summed E-state index contributed by atoms with van der Waals surface area (Å²) in [5.74, 6) is 0.0486. The van der Waals surface area contributed by atoms with Gasteiger partial charge in [0.25, 0.3) is 5.91 Å². The number of halogens is 1. The Bertz CT molecular complexity index is 698. The van der Waals surface area contributed by atoms with Crippen molar-refractivity contribution >= 4 is 5.91 Å². The van der Waals surface area contributed by atoms with E-state index in [4.69, 9.17) is 5.73 Å². The molecule has 0 saturated carbocycles. The van der Waals surface area contributed by atoms with E-state index in [9.17, 15) is 9.18 Å². The Morgan fingerprint density at radius 1 is 1.39 bits per heavy atom. The molecule has 1 heterocycles. The zero-order chi connectivity index (χ0) is 17.1. The number of hydrogen-bond acceptors (Lipinski definition) is 4. The predicted octanol–water partition coefficient (Wildman–Crippen LogP) is 1.95. The van der Waals surface area contributed by atoms with Crippen molar-refractivity contribution in [2.75, 3.05) is 13.6 Å². The van der Waals surface area contributed by atoms with Crippen LogP contribution in [0.25, 0.3) is 5.69 Å². The van der Waals surface area contributed by atoms with Gasteiger partial charge in [-0.3, -0.25) is 4.79 Å². The molecule has 0 aliphatic rings. The van der Waals surface area contributed by atoms with Crippen LogP contribution >= 0.6 is 0 Å². The molecule has 0 bridgehead atoms. The quantitative estimate of drug-likeness (QED) is 0.914. The molecule has 0 fully saturated rings. The number of carbonyl (C=O) groups excluding carboxylic acids is 1. The van der Waals surface area contributed by atoms with E-state index in [1.165, 1.54) is 21.7 Å². The van der Waals surface area contributed by atoms with E-state index in [-0.39, 0.29) is 29.5 Å².